The summed E-state index contributed by atoms with van der Waals surface area (Å²) >= 11 is 6.41. The Kier molecular flexibility index (Phi) is 5.91. The van der Waals surface area contributed by atoms with E-state index in [2.05, 4.69) is 35.9 Å². The van der Waals surface area contributed by atoms with Gasteiger partial charge in [-0.25, -0.2) is 0 Å². The van der Waals surface area contributed by atoms with Crippen LogP contribution in [0.5, 0.6) is 0 Å². The van der Waals surface area contributed by atoms with Crippen LogP contribution in [-0.4, -0.2) is 16.3 Å². The highest BCUT2D eigenvalue weighted by molar-refractivity contribution is 6.31. The van der Waals surface area contributed by atoms with Crippen molar-refractivity contribution in [3.05, 3.63) is 16.9 Å². The molecule has 1 aromatic heterocycles. The lowest BCUT2D eigenvalue weighted by atomic mass is 9.77. The first-order valence-electron chi connectivity index (χ1n) is 8.15. The van der Waals surface area contributed by atoms with E-state index in [1.54, 1.807) is 6.20 Å². The molecule has 0 saturated heterocycles. The van der Waals surface area contributed by atoms with E-state index >= 15 is 0 Å². The zero-order valence-electron chi connectivity index (χ0n) is 13.0. The molecule has 2 rings (SSSR count). The van der Waals surface area contributed by atoms with E-state index in [1.165, 1.54) is 37.8 Å². The van der Waals surface area contributed by atoms with Gasteiger partial charge in [-0.05, 0) is 38.1 Å². The largest absolute Gasteiger partial charge is 0.309 e. The number of aryl methyl sites for hydroxylation is 1. The van der Waals surface area contributed by atoms with Crippen LogP contribution in [0.15, 0.2) is 6.20 Å². The minimum atomic E-state index is 0.354. The quantitative estimate of drug-likeness (QED) is 0.842. The summed E-state index contributed by atoms with van der Waals surface area (Å²) in [6.45, 7) is 8.47. The number of hydrogen-bond donors (Lipinski definition) is 1. The molecule has 1 aliphatic rings. The molecule has 3 nitrogen and oxygen atoms in total. The number of aromatic nitrogens is 2. The van der Waals surface area contributed by atoms with Gasteiger partial charge < -0.3 is 5.32 Å². The van der Waals surface area contributed by atoms with Gasteiger partial charge in [0, 0.05) is 6.54 Å². The molecule has 1 atom stereocenters. The summed E-state index contributed by atoms with van der Waals surface area (Å²) < 4.78 is 2.06. The van der Waals surface area contributed by atoms with Gasteiger partial charge in [-0.3, -0.25) is 4.68 Å². The Bertz CT molecular complexity index is 408. The fourth-order valence-corrected chi connectivity index (χ4v) is 3.83. The molecule has 1 N–H and O–H groups in total. The summed E-state index contributed by atoms with van der Waals surface area (Å²) in [5, 5.41) is 8.88. The third kappa shape index (κ3) is 3.37. The first-order valence-corrected chi connectivity index (χ1v) is 8.53. The smallest absolute Gasteiger partial charge is 0.0834 e. The summed E-state index contributed by atoms with van der Waals surface area (Å²) in [7, 11) is 0. The van der Waals surface area contributed by atoms with Crippen LogP contribution in [0.4, 0.5) is 0 Å². The fourth-order valence-electron chi connectivity index (χ4n) is 3.57. The Morgan fingerprint density at radius 1 is 1.30 bits per heavy atom. The predicted octanol–water partition coefficient (Wildman–Crippen LogP) is 4.42. The molecule has 1 fully saturated rings. The Morgan fingerprint density at radius 3 is 2.55 bits per heavy atom. The Hall–Kier alpha value is -0.540. The summed E-state index contributed by atoms with van der Waals surface area (Å²) in [5.41, 5.74) is 1.19. The van der Waals surface area contributed by atoms with Gasteiger partial charge >= 0.3 is 0 Å². The van der Waals surface area contributed by atoms with E-state index in [0.717, 1.165) is 24.0 Å². The Morgan fingerprint density at radius 2 is 2.00 bits per heavy atom. The van der Waals surface area contributed by atoms with Crippen molar-refractivity contribution in [2.24, 2.45) is 11.8 Å². The van der Waals surface area contributed by atoms with Gasteiger partial charge in [-0.15, -0.1) is 0 Å². The first kappa shape index (κ1) is 15.8. The minimum absolute atomic E-state index is 0.354. The second-order valence-electron chi connectivity index (χ2n) is 5.92. The molecule has 0 radical (unpaired) electrons. The molecule has 20 heavy (non-hydrogen) atoms. The molecule has 1 saturated carbocycles. The van der Waals surface area contributed by atoms with E-state index in [0.29, 0.717) is 12.0 Å². The van der Waals surface area contributed by atoms with E-state index in [9.17, 15) is 0 Å². The molecule has 0 amide bonds. The molecule has 1 aliphatic carbocycles. The molecular formula is C16H28ClN3. The average molecular weight is 298 g/mol. The molecule has 114 valence electrons. The minimum Gasteiger partial charge on any atom is -0.309 e. The first-order chi connectivity index (χ1) is 9.71. The third-order valence-electron chi connectivity index (χ3n) is 4.79. The summed E-state index contributed by atoms with van der Waals surface area (Å²) in [6, 6.07) is 0.354. The van der Waals surface area contributed by atoms with Crippen LogP contribution in [0.25, 0.3) is 0 Å². The van der Waals surface area contributed by atoms with Gasteiger partial charge in [0.15, 0.2) is 0 Å². The van der Waals surface area contributed by atoms with E-state index < -0.39 is 0 Å². The number of rotatable bonds is 6. The number of nitrogens with zero attached hydrogens (tertiary/aromatic N) is 2. The van der Waals surface area contributed by atoms with E-state index in [-0.39, 0.29) is 0 Å². The highest BCUT2D eigenvalue weighted by Crippen LogP contribution is 2.39. The normalized spacial score (nSPS) is 24.8. The summed E-state index contributed by atoms with van der Waals surface area (Å²) in [4.78, 5) is 0. The average Bonchev–Trinajstić information content (AvgIpc) is 2.86. The van der Waals surface area contributed by atoms with Crippen molar-refractivity contribution in [1.82, 2.24) is 15.1 Å². The lowest BCUT2D eigenvalue weighted by Gasteiger charge is -2.34. The number of nitrogens with one attached hydrogen (secondary N) is 1. The zero-order valence-corrected chi connectivity index (χ0v) is 13.8. The number of halogens is 1. The SMILES string of the molecule is CCNC(c1c(Cl)cnn1CC)C1CCC(CC)CC1. The monoisotopic (exact) mass is 297 g/mol. The molecule has 1 heterocycles. The van der Waals surface area contributed by atoms with Gasteiger partial charge in [0.1, 0.15) is 0 Å². The zero-order chi connectivity index (χ0) is 14.5. The van der Waals surface area contributed by atoms with Crippen LogP contribution in [-0.2, 0) is 6.54 Å². The fraction of sp³-hybridized carbons (Fsp3) is 0.812. The molecule has 1 unspecified atom stereocenters. The van der Waals surface area contributed by atoms with Crippen molar-refractivity contribution in [3.63, 3.8) is 0 Å². The molecule has 0 aromatic carbocycles. The van der Waals surface area contributed by atoms with Crippen molar-refractivity contribution < 1.29 is 0 Å². The van der Waals surface area contributed by atoms with Gasteiger partial charge in [-0.1, -0.05) is 44.7 Å². The van der Waals surface area contributed by atoms with Gasteiger partial charge in [-0.2, -0.15) is 5.10 Å². The maximum atomic E-state index is 6.41. The maximum Gasteiger partial charge on any atom is 0.0834 e. The molecular weight excluding hydrogens is 270 g/mol. The summed E-state index contributed by atoms with van der Waals surface area (Å²) in [6.07, 6.45) is 8.46. The molecule has 0 spiro atoms. The van der Waals surface area contributed by atoms with Gasteiger partial charge in [0.25, 0.3) is 0 Å². The van der Waals surface area contributed by atoms with Crippen molar-refractivity contribution >= 4 is 11.6 Å². The highest BCUT2D eigenvalue weighted by Gasteiger charge is 2.30. The van der Waals surface area contributed by atoms with Crippen molar-refractivity contribution in [1.29, 1.82) is 0 Å². The van der Waals surface area contributed by atoms with E-state index in [1.807, 2.05) is 0 Å². The lowest BCUT2D eigenvalue weighted by molar-refractivity contribution is 0.214. The van der Waals surface area contributed by atoms with Crippen LogP contribution in [0.1, 0.15) is 64.6 Å². The van der Waals surface area contributed by atoms with Crippen LogP contribution in [0, 0.1) is 11.8 Å². The molecule has 1 aromatic rings. The third-order valence-corrected chi connectivity index (χ3v) is 5.08. The van der Waals surface area contributed by atoms with Gasteiger partial charge in [0.05, 0.1) is 23.0 Å². The standard InChI is InChI=1S/C16H28ClN3/c1-4-12-7-9-13(10-8-12)15(18-5-2)16-14(17)11-19-20(16)6-3/h11-13,15,18H,4-10H2,1-3H3. The van der Waals surface area contributed by atoms with Crippen LogP contribution in [0.2, 0.25) is 5.02 Å². The predicted molar refractivity (Wildman–Crippen MR) is 85.1 cm³/mol. The lowest BCUT2D eigenvalue weighted by Crippen LogP contribution is -2.33. The van der Waals surface area contributed by atoms with Crippen molar-refractivity contribution in [2.45, 2.75) is 65.5 Å². The van der Waals surface area contributed by atoms with Crippen molar-refractivity contribution in [3.8, 4) is 0 Å². The van der Waals surface area contributed by atoms with E-state index in [4.69, 9.17) is 11.6 Å². The summed E-state index contributed by atoms with van der Waals surface area (Å²) in [5.74, 6) is 1.62. The molecule has 4 heteroatoms. The maximum absolute atomic E-state index is 6.41. The number of hydrogen-bond acceptors (Lipinski definition) is 2. The topological polar surface area (TPSA) is 29.9 Å². The highest BCUT2D eigenvalue weighted by atomic mass is 35.5. The molecule has 0 bridgehead atoms. The second kappa shape index (κ2) is 7.46. The van der Waals surface area contributed by atoms with Crippen LogP contribution in [0.3, 0.4) is 0 Å². The van der Waals surface area contributed by atoms with Crippen LogP contribution < -0.4 is 5.32 Å². The molecule has 0 aliphatic heterocycles. The van der Waals surface area contributed by atoms with Crippen LogP contribution >= 0.6 is 11.6 Å². The van der Waals surface area contributed by atoms with Gasteiger partial charge in [0.2, 0.25) is 0 Å². The van der Waals surface area contributed by atoms with Crippen molar-refractivity contribution in [2.75, 3.05) is 6.54 Å². The second-order valence-corrected chi connectivity index (χ2v) is 6.33. The Labute approximate surface area is 128 Å². The Balaban J connectivity index is 2.16.